The SMILES string of the molecule is CC/C=C\C/C=C\C/C=C\C/C=C\C/C=C\C/C=C\C/C=C\C/C=C\C/C=C\C/C=C\CCCCCCCCCCCCC(=O)OC(COC(=O)CCCCCCCCCCCCCCCCC)COP(=O)(O)OCC[N+](C)(C)C. The molecule has 0 heterocycles. The van der Waals surface area contributed by atoms with Crippen molar-refractivity contribution in [3.8, 4) is 0 Å². The molecule has 0 aromatic rings. The first-order valence-corrected chi connectivity index (χ1v) is 33.8. The molecule has 0 saturated carbocycles. The summed E-state index contributed by atoms with van der Waals surface area (Å²) in [5.74, 6) is -0.801. The highest BCUT2D eigenvalue weighted by atomic mass is 31.2. The molecule has 0 fully saturated rings. The van der Waals surface area contributed by atoms with Gasteiger partial charge in [-0.1, -0.05) is 277 Å². The first-order chi connectivity index (χ1) is 39.0. The van der Waals surface area contributed by atoms with Gasteiger partial charge < -0.3 is 18.9 Å². The van der Waals surface area contributed by atoms with Crippen molar-refractivity contribution in [2.24, 2.45) is 0 Å². The van der Waals surface area contributed by atoms with Crippen molar-refractivity contribution in [2.45, 2.75) is 264 Å². The number of esters is 2. The van der Waals surface area contributed by atoms with E-state index in [0.29, 0.717) is 17.4 Å². The number of allylic oxidation sites excluding steroid dienone is 20. The molecule has 0 rings (SSSR count). The predicted octanol–water partition coefficient (Wildman–Crippen LogP) is 20.7. The lowest BCUT2D eigenvalue weighted by Crippen LogP contribution is -2.37. The zero-order valence-electron chi connectivity index (χ0n) is 52.0. The molecule has 10 heteroatoms. The Morgan fingerprint density at radius 1 is 0.400 bits per heavy atom. The molecule has 0 aliphatic rings. The van der Waals surface area contributed by atoms with Crippen LogP contribution in [0.3, 0.4) is 0 Å². The van der Waals surface area contributed by atoms with Crippen LogP contribution in [0.25, 0.3) is 0 Å². The van der Waals surface area contributed by atoms with Crippen LogP contribution in [-0.2, 0) is 32.7 Å². The molecule has 0 amide bonds. The Bertz CT molecular complexity index is 1760. The summed E-state index contributed by atoms with van der Waals surface area (Å²) in [7, 11) is 1.47. The van der Waals surface area contributed by atoms with Gasteiger partial charge in [-0.05, 0) is 89.9 Å². The van der Waals surface area contributed by atoms with Gasteiger partial charge in [-0.25, -0.2) is 4.57 Å². The molecule has 0 spiro atoms. The van der Waals surface area contributed by atoms with E-state index in [-0.39, 0.29) is 32.0 Å². The van der Waals surface area contributed by atoms with Gasteiger partial charge in [-0.15, -0.1) is 0 Å². The average Bonchev–Trinajstić information content (AvgIpc) is 3.42. The number of rotatable bonds is 58. The van der Waals surface area contributed by atoms with Crippen LogP contribution in [0.1, 0.15) is 258 Å². The van der Waals surface area contributed by atoms with E-state index in [2.05, 4.69) is 135 Å². The fourth-order valence-electron chi connectivity index (χ4n) is 8.57. The number of nitrogens with zero attached hydrogens (tertiary/aromatic N) is 1. The molecule has 2 atom stereocenters. The number of ether oxygens (including phenoxy) is 2. The third-order valence-electron chi connectivity index (χ3n) is 13.5. The zero-order chi connectivity index (χ0) is 58.4. The fraction of sp³-hybridized carbons (Fsp3) is 0.686. The average molecular weight is 1140 g/mol. The van der Waals surface area contributed by atoms with Crippen LogP contribution in [0.2, 0.25) is 0 Å². The van der Waals surface area contributed by atoms with E-state index in [9.17, 15) is 19.0 Å². The van der Waals surface area contributed by atoms with Gasteiger partial charge in [0.2, 0.25) is 0 Å². The number of quaternary nitrogens is 1. The first-order valence-electron chi connectivity index (χ1n) is 32.3. The molecule has 0 saturated heterocycles. The maximum absolute atomic E-state index is 12.8. The minimum atomic E-state index is -4.39. The molecule has 0 radical (unpaired) electrons. The molecule has 458 valence electrons. The van der Waals surface area contributed by atoms with Gasteiger partial charge in [0.1, 0.15) is 19.8 Å². The topological polar surface area (TPSA) is 108 Å². The summed E-state index contributed by atoms with van der Waals surface area (Å²) >= 11 is 0. The lowest BCUT2D eigenvalue weighted by Gasteiger charge is -2.24. The van der Waals surface area contributed by atoms with E-state index in [1.807, 2.05) is 21.1 Å². The highest BCUT2D eigenvalue weighted by Gasteiger charge is 2.27. The molecule has 0 aromatic carbocycles. The van der Waals surface area contributed by atoms with Crippen LogP contribution >= 0.6 is 7.82 Å². The highest BCUT2D eigenvalue weighted by Crippen LogP contribution is 2.43. The third kappa shape index (κ3) is 63.6. The molecule has 9 nitrogen and oxygen atoms in total. The van der Waals surface area contributed by atoms with Crippen molar-refractivity contribution >= 4 is 19.8 Å². The minimum absolute atomic E-state index is 0.0275. The number of hydrogen-bond donors (Lipinski definition) is 1. The second-order valence-electron chi connectivity index (χ2n) is 22.4. The molecule has 0 aliphatic heterocycles. The summed E-state index contributed by atoms with van der Waals surface area (Å²) in [6.07, 6.45) is 85.7. The summed E-state index contributed by atoms with van der Waals surface area (Å²) < 4.78 is 34.6. The van der Waals surface area contributed by atoms with Crippen molar-refractivity contribution in [3.63, 3.8) is 0 Å². The molecule has 0 aromatic heterocycles. The second-order valence-corrected chi connectivity index (χ2v) is 23.9. The Morgan fingerprint density at radius 2 is 0.713 bits per heavy atom. The summed E-state index contributed by atoms with van der Waals surface area (Å²) in [6, 6.07) is 0. The Labute approximate surface area is 492 Å². The summed E-state index contributed by atoms with van der Waals surface area (Å²) in [5, 5.41) is 0. The van der Waals surface area contributed by atoms with Gasteiger partial charge in [-0.3, -0.25) is 18.6 Å². The lowest BCUT2D eigenvalue weighted by molar-refractivity contribution is -0.870. The number of carbonyl (C=O) groups excluding carboxylic acids is 2. The van der Waals surface area contributed by atoms with Crippen LogP contribution < -0.4 is 0 Å². The Kier molecular flexibility index (Phi) is 57.3. The second kappa shape index (κ2) is 60.0. The molecular formula is C70H121NO8P+. The van der Waals surface area contributed by atoms with E-state index >= 15 is 0 Å². The van der Waals surface area contributed by atoms with Crippen molar-refractivity contribution in [3.05, 3.63) is 122 Å². The normalized spacial score (nSPS) is 14.0. The van der Waals surface area contributed by atoms with Crippen LogP contribution in [0.15, 0.2) is 122 Å². The minimum Gasteiger partial charge on any atom is -0.462 e. The summed E-state index contributed by atoms with van der Waals surface area (Å²) in [6.45, 7) is 4.32. The number of phosphoric ester groups is 1. The van der Waals surface area contributed by atoms with E-state index in [0.717, 1.165) is 109 Å². The lowest BCUT2D eigenvalue weighted by atomic mass is 10.0. The Hall–Kier alpha value is -3.59. The van der Waals surface area contributed by atoms with Gasteiger partial charge in [-0.2, -0.15) is 0 Å². The summed E-state index contributed by atoms with van der Waals surface area (Å²) in [5.41, 5.74) is 0. The van der Waals surface area contributed by atoms with Crippen molar-refractivity contribution in [2.75, 3.05) is 47.5 Å². The van der Waals surface area contributed by atoms with E-state index < -0.39 is 26.5 Å². The molecule has 1 N–H and O–H groups in total. The zero-order valence-corrected chi connectivity index (χ0v) is 52.9. The fourth-order valence-corrected chi connectivity index (χ4v) is 9.32. The van der Waals surface area contributed by atoms with Crippen molar-refractivity contribution in [1.82, 2.24) is 0 Å². The quantitative estimate of drug-likeness (QED) is 0.0211. The molecule has 0 bridgehead atoms. The van der Waals surface area contributed by atoms with Crippen LogP contribution in [0.4, 0.5) is 0 Å². The van der Waals surface area contributed by atoms with Gasteiger partial charge >= 0.3 is 19.8 Å². The number of likely N-dealkylation sites (N-methyl/N-ethyl adjacent to an activating group) is 1. The number of hydrogen-bond acceptors (Lipinski definition) is 7. The van der Waals surface area contributed by atoms with Crippen molar-refractivity contribution < 1.29 is 42.1 Å². The third-order valence-corrected chi connectivity index (χ3v) is 14.5. The number of phosphoric acid groups is 1. The van der Waals surface area contributed by atoms with Crippen molar-refractivity contribution in [1.29, 1.82) is 0 Å². The maximum atomic E-state index is 12.8. The Balaban J connectivity index is 4.07. The molecular weight excluding hydrogens is 1010 g/mol. The first kappa shape index (κ1) is 76.4. The van der Waals surface area contributed by atoms with Gasteiger partial charge in [0.15, 0.2) is 6.10 Å². The summed E-state index contributed by atoms with van der Waals surface area (Å²) in [4.78, 5) is 35.7. The monoisotopic (exact) mass is 1130 g/mol. The van der Waals surface area contributed by atoms with Crippen LogP contribution in [-0.4, -0.2) is 74.9 Å². The maximum Gasteiger partial charge on any atom is 0.472 e. The predicted molar refractivity (Wildman–Crippen MR) is 344 cm³/mol. The molecule has 80 heavy (non-hydrogen) atoms. The van der Waals surface area contributed by atoms with Gasteiger partial charge in [0.05, 0.1) is 27.7 Å². The van der Waals surface area contributed by atoms with E-state index in [1.54, 1.807) is 0 Å². The van der Waals surface area contributed by atoms with Gasteiger partial charge in [0, 0.05) is 12.8 Å². The molecule has 2 unspecified atom stereocenters. The molecule has 0 aliphatic carbocycles. The Morgan fingerprint density at radius 3 is 1.06 bits per heavy atom. The largest absolute Gasteiger partial charge is 0.472 e. The van der Waals surface area contributed by atoms with Crippen LogP contribution in [0.5, 0.6) is 0 Å². The van der Waals surface area contributed by atoms with E-state index in [4.69, 9.17) is 18.5 Å². The standard InChI is InChI=1S/C70H120NO8P/c1-6-8-10-12-14-16-18-20-22-23-24-25-26-27-28-29-30-31-32-33-34-35-36-37-38-39-40-41-42-43-44-45-46-47-49-51-53-55-57-59-61-63-70(73)79-68(67-78-80(74,75)77-65-64-71(3,4)5)66-76-69(72)62-60-58-56-54-52-50-48-21-19-17-15-13-11-9-7-2/h8,10,14,16,20,22,24-25,27-28,30-31,33-34,36-37,39-40,42-43,68H,6-7,9,11-13,15,17-19,21,23,26,29,32,35,38,41,44-67H2,1-5H3/p+1/b10-8-,16-14-,22-20-,25-24-,28-27-,31-30-,34-33-,37-36-,40-39-,43-42-. The number of unbranched alkanes of at least 4 members (excludes halogenated alkanes) is 24. The van der Waals surface area contributed by atoms with E-state index in [1.165, 1.54) is 116 Å². The van der Waals surface area contributed by atoms with Gasteiger partial charge in [0.25, 0.3) is 0 Å². The van der Waals surface area contributed by atoms with Crippen LogP contribution in [0, 0.1) is 0 Å². The highest BCUT2D eigenvalue weighted by molar-refractivity contribution is 7.47. The number of carbonyl (C=O) groups is 2. The smallest absolute Gasteiger partial charge is 0.462 e.